The predicted octanol–water partition coefficient (Wildman–Crippen LogP) is 1.75. The van der Waals surface area contributed by atoms with Gasteiger partial charge >= 0.3 is 0 Å². The molecule has 1 unspecified atom stereocenters. The Morgan fingerprint density at radius 3 is 3.14 bits per heavy atom. The Kier molecular flexibility index (Phi) is 5.30. The van der Waals surface area contributed by atoms with Crippen LogP contribution in [0.4, 0.5) is 0 Å². The van der Waals surface area contributed by atoms with E-state index in [0.29, 0.717) is 18.5 Å². The minimum Gasteiger partial charge on any atom is -0.476 e. The van der Waals surface area contributed by atoms with Crippen LogP contribution in [0.5, 0.6) is 0 Å². The number of aliphatic imine (C=N–C) groups is 1. The summed E-state index contributed by atoms with van der Waals surface area (Å²) in [5, 5.41) is 3.47. The van der Waals surface area contributed by atoms with Gasteiger partial charge in [-0.3, -0.25) is 4.99 Å². The Bertz CT molecular complexity index is 193. The summed E-state index contributed by atoms with van der Waals surface area (Å²) in [7, 11) is 1.72. The first-order valence-corrected chi connectivity index (χ1v) is 5.32. The lowest BCUT2D eigenvalue weighted by molar-refractivity contribution is 0.251. The molecule has 0 aliphatic carbocycles. The zero-order chi connectivity index (χ0) is 10.2. The molecule has 0 saturated carbocycles. The summed E-state index contributed by atoms with van der Waals surface area (Å²) < 4.78 is 5.50. The molecule has 0 aromatic rings. The highest BCUT2D eigenvalue weighted by Crippen LogP contribution is 2.08. The lowest BCUT2D eigenvalue weighted by atomic mass is 10.1. The standard InChI is InChI=1S/C11H20N2O/c1-3-11(12-2)14-9-10-7-5-4-6-8-13-10/h3,10,13H,1,4-9H2,2H3. The smallest absolute Gasteiger partial charge is 0.207 e. The topological polar surface area (TPSA) is 33.6 Å². The Morgan fingerprint density at radius 2 is 2.43 bits per heavy atom. The number of nitrogens with zero attached hydrogens (tertiary/aromatic N) is 1. The molecule has 1 atom stereocenters. The van der Waals surface area contributed by atoms with Gasteiger partial charge in [-0.1, -0.05) is 19.4 Å². The third-order valence-corrected chi connectivity index (χ3v) is 2.49. The maximum absolute atomic E-state index is 5.50. The van der Waals surface area contributed by atoms with Crippen LogP contribution in [-0.2, 0) is 4.74 Å². The molecule has 1 aliphatic heterocycles. The lowest BCUT2D eigenvalue weighted by Gasteiger charge is -2.16. The molecule has 1 rings (SSSR count). The predicted molar refractivity (Wildman–Crippen MR) is 59.8 cm³/mol. The van der Waals surface area contributed by atoms with Crippen LogP contribution in [0.2, 0.25) is 0 Å². The molecular weight excluding hydrogens is 176 g/mol. The second kappa shape index (κ2) is 6.60. The largest absolute Gasteiger partial charge is 0.476 e. The van der Waals surface area contributed by atoms with Crippen molar-refractivity contribution in [3.63, 3.8) is 0 Å². The minimum absolute atomic E-state index is 0.481. The van der Waals surface area contributed by atoms with Gasteiger partial charge in [-0.05, 0) is 25.5 Å². The van der Waals surface area contributed by atoms with Gasteiger partial charge in [-0.2, -0.15) is 0 Å². The molecule has 1 saturated heterocycles. The Hall–Kier alpha value is -0.830. The maximum Gasteiger partial charge on any atom is 0.207 e. The van der Waals surface area contributed by atoms with Gasteiger partial charge in [0, 0.05) is 13.1 Å². The van der Waals surface area contributed by atoms with Gasteiger partial charge < -0.3 is 10.1 Å². The van der Waals surface area contributed by atoms with Crippen molar-refractivity contribution in [2.24, 2.45) is 4.99 Å². The van der Waals surface area contributed by atoms with Crippen LogP contribution in [0.15, 0.2) is 17.6 Å². The average Bonchev–Trinajstić information content (AvgIpc) is 2.48. The second-order valence-electron chi connectivity index (χ2n) is 3.58. The van der Waals surface area contributed by atoms with E-state index in [2.05, 4.69) is 16.9 Å². The van der Waals surface area contributed by atoms with Gasteiger partial charge in [-0.25, -0.2) is 0 Å². The van der Waals surface area contributed by atoms with Crippen LogP contribution < -0.4 is 5.32 Å². The molecule has 14 heavy (non-hydrogen) atoms. The molecule has 80 valence electrons. The van der Waals surface area contributed by atoms with E-state index >= 15 is 0 Å². The summed E-state index contributed by atoms with van der Waals surface area (Å²) in [5.74, 6) is 0.635. The van der Waals surface area contributed by atoms with E-state index in [1.807, 2.05) is 0 Å². The Balaban J connectivity index is 2.25. The van der Waals surface area contributed by atoms with E-state index in [-0.39, 0.29) is 0 Å². The number of ether oxygens (including phenoxy) is 1. The van der Waals surface area contributed by atoms with Crippen molar-refractivity contribution >= 4 is 5.90 Å². The first kappa shape index (κ1) is 11.2. The molecule has 0 aromatic carbocycles. The van der Waals surface area contributed by atoms with E-state index < -0.39 is 0 Å². The van der Waals surface area contributed by atoms with Gasteiger partial charge in [0.2, 0.25) is 5.90 Å². The van der Waals surface area contributed by atoms with Gasteiger partial charge in [0.1, 0.15) is 6.61 Å². The van der Waals surface area contributed by atoms with Crippen LogP contribution >= 0.6 is 0 Å². The fourth-order valence-corrected chi connectivity index (χ4v) is 1.64. The third kappa shape index (κ3) is 3.92. The highest BCUT2D eigenvalue weighted by Gasteiger charge is 2.11. The van der Waals surface area contributed by atoms with E-state index in [0.717, 1.165) is 6.54 Å². The van der Waals surface area contributed by atoms with Crippen molar-refractivity contribution in [1.29, 1.82) is 0 Å². The fraction of sp³-hybridized carbons (Fsp3) is 0.727. The van der Waals surface area contributed by atoms with Crippen LogP contribution in [-0.4, -0.2) is 32.1 Å². The summed E-state index contributed by atoms with van der Waals surface area (Å²) >= 11 is 0. The summed E-state index contributed by atoms with van der Waals surface area (Å²) in [6.45, 7) is 5.46. The number of rotatable bonds is 3. The normalized spacial score (nSPS) is 24.1. The number of nitrogens with one attached hydrogen (secondary N) is 1. The summed E-state index contributed by atoms with van der Waals surface area (Å²) in [5.41, 5.74) is 0. The summed E-state index contributed by atoms with van der Waals surface area (Å²) in [4.78, 5) is 3.96. The van der Waals surface area contributed by atoms with Crippen molar-refractivity contribution in [3.05, 3.63) is 12.7 Å². The molecule has 1 N–H and O–H groups in total. The monoisotopic (exact) mass is 196 g/mol. The van der Waals surface area contributed by atoms with Crippen LogP contribution in [0.3, 0.4) is 0 Å². The summed E-state index contributed by atoms with van der Waals surface area (Å²) in [6, 6.07) is 0.481. The second-order valence-corrected chi connectivity index (χ2v) is 3.58. The van der Waals surface area contributed by atoms with Crippen molar-refractivity contribution in [1.82, 2.24) is 5.32 Å². The maximum atomic E-state index is 5.50. The molecule has 0 radical (unpaired) electrons. The molecular formula is C11H20N2O. The number of hydrogen-bond donors (Lipinski definition) is 1. The highest BCUT2D eigenvalue weighted by molar-refractivity contribution is 5.86. The van der Waals surface area contributed by atoms with Gasteiger partial charge in [-0.15, -0.1) is 0 Å². The molecule has 0 bridgehead atoms. The Labute approximate surface area is 86.3 Å². The number of hydrogen-bond acceptors (Lipinski definition) is 3. The highest BCUT2D eigenvalue weighted by atomic mass is 16.5. The molecule has 3 heteroatoms. The third-order valence-electron chi connectivity index (χ3n) is 2.49. The zero-order valence-electron chi connectivity index (χ0n) is 8.96. The molecule has 0 spiro atoms. The van der Waals surface area contributed by atoms with Gasteiger partial charge in [0.05, 0.1) is 0 Å². The van der Waals surface area contributed by atoms with E-state index in [1.165, 1.54) is 25.7 Å². The van der Waals surface area contributed by atoms with Gasteiger partial charge in [0.15, 0.2) is 0 Å². The van der Waals surface area contributed by atoms with Gasteiger partial charge in [0.25, 0.3) is 0 Å². The molecule has 1 fully saturated rings. The van der Waals surface area contributed by atoms with Crippen molar-refractivity contribution < 1.29 is 4.74 Å². The van der Waals surface area contributed by atoms with Crippen LogP contribution in [0.1, 0.15) is 25.7 Å². The summed E-state index contributed by atoms with van der Waals surface area (Å²) in [6.07, 6.45) is 6.77. The minimum atomic E-state index is 0.481. The van der Waals surface area contributed by atoms with Crippen molar-refractivity contribution in [2.75, 3.05) is 20.2 Å². The molecule has 3 nitrogen and oxygen atoms in total. The van der Waals surface area contributed by atoms with Crippen LogP contribution in [0, 0.1) is 0 Å². The Morgan fingerprint density at radius 1 is 1.57 bits per heavy atom. The molecule has 0 aromatic heterocycles. The molecule has 1 aliphatic rings. The molecule has 1 heterocycles. The van der Waals surface area contributed by atoms with Crippen molar-refractivity contribution in [3.8, 4) is 0 Å². The molecule has 0 amide bonds. The fourth-order valence-electron chi connectivity index (χ4n) is 1.64. The average molecular weight is 196 g/mol. The SMILES string of the molecule is C=CC(=NC)OCC1CCCCCN1. The van der Waals surface area contributed by atoms with E-state index in [9.17, 15) is 0 Å². The van der Waals surface area contributed by atoms with E-state index in [1.54, 1.807) is 13.1 Å². The van der Waals surface area contributed by atoms with Crippen LogP contribution in [0.25, 0.3) is 0 Å². The lowest BCUT2D eigenvalue weighted by Crippen LogP contribution is -2.33. The van der Waals surface area contributed by atoms with E-state index in [4.69, 9.17) is 4.74 Å². The first-order valence-electron chi connectivity index (χ1n) is 5.32. The first-order chi connectivity index (χ1) is 6.86. The zero-order valence-corrected chi connectivity index (χ0v) is 8.96. The van der Waals surface area contributed by atoms with Crippen molar-refractivity contribution in [2.45, 2.75) is 31.7 Å². The quantitative estimate of drug-likeness (QED) is 0.551.